The van der Waals surface area contributed by atoms with E-state index >= 15 is 0 Å². The van der Waals surface area contributed by atoms with Crippen molar-refractivity contribution >= 4 is 35.0 Å². The van der Waals surface area contributed by atoms with Crippen LogP contribution in [0.5, 0.6) is 0 Å². The van der Waals surface area contributed by atoms with Crippen LogP contribution < -0.4 is 21.3 Å². The Morgan fingerprint density at radius 2 is 1.96 bits per heavy atom. The van der Waals surface area contributed by atoms with Gasteiger partial charge in [-0.3, -0.25) is 4.79 Å². The van der Waals surface area contributed by atoms with Crippen LogP contribution in [0.1, 0.15) is 12.8 Å². The third kappa shape index (κ3) is 3.91. The van der Waals surface area contributed by atoms with Crippen LogP contribution in [-0.2, 0) is 4.79 Å². The molecule has 1 amide bonds. The molecular weight excluding hydrogens is 348 g/mol. The summed E-state index contributed by atoms with van der Waals surface area (Å²) in [7, 11) is 1.97. The van der Waals surface area contributed by atoms with Crippen molar-refractivity contribution in [3.05, 3.63) is 30.3 Å². The van der Waals surface area contributed by atoms with Crippen LogP contribution in [0.15, 0.2) is 40.4 Å². The number of aromatic nitrogens is 2. The van der Waals surface area contributed by atoms with Gasteiger partial charge in [0.25, 0.3) is 0 Å². The SMILES string of the molecule is CNC1CN(c2cc(N)nc(Sc3ccc(NC(=O)C4CC4)cc3)n2)C1. The Morgan fingerprint density at radius 1 is 1.23 bits per heavy atom. The fraction of sp³-hybridized carbons (Fsp3) is 0.389. The quantitative estimate of drug-likeness (QED) is 0.669. The van der Waals surface area contributed by atoms with E-state index < -0.39 is 0 Å². The highest BCUT2D eigenvalue weighted by atomic mass is 32.2. The Kier molecular flexibility index (Phi) is 4.69. The molecule has 2 aliphatic rings. The number of nitrogens with one attached hydrogen (secondary N) is 2. The number of hydrogen-bond donors (Lipinski definition) is 3. The summed E-state index contributed by atoms with van der Waals surface area (Å²) >= 11 is 1.46. The van der Waals surface area contributed by atoms with Crippen molar-refractivity contribution in [1.29, 1.82) is 0 Å². The van der Waals surface area contributed by atoms with E-state index in [1.165, 1.54) is 11.8 Å². The van der Waals surface area contributed by atoms with Crippen molar-refractivity contribution in [1.82, 2.24) is 15.3 Å². The Bertz CT molecular complexity index is 802. The zero-order valence-electron chi connectivity index (χ0n) is 14.6. The molecule has 4 N–H and O–H groups in total. The molecule has 1 saturated heterocycles. The maximum atomic E-state index is 11.8. The molecule has 0 bridgehead atoms. The lowest BCUT2D eigenvalue weighted by Crippen LogP contribution is -2.57. The third-order valence-corrected chi connectivity index (χ3v) is 5.48. The van der Waals surface area contributed by atoms with Gasteiger partial charge in [-0.1, -0.05) is 0 Å². The summed E-state index contributed by atoms with van der Waals surface area (Å²) in [5, 5.41) is 6.82. The normalized spacial score (nSPS) is 17.0. The van der Waals surface area contributed by atoms with Crippen LogP contribution in [0, 0.1) is 5.92 Å². The van der Waals surface area contributed by atoms with Gasteiger partial charge in [0.2, 0.25) is 5.91 Å². The summed E-state index contributed by atoms with van der Waals surface area (Å²) in [4.78, 5) is 23.9. The third-order valence-electron chi connectivity index (χ3n) is 4.60. The van der Waals surface area contributed by atoms with Crippen molar-refractivity contribution in [2.75, 3.05) is 36.1 Å². The molecule has 1 aromatic carbocycles. The van der Waals surface area contributed by atoms with Crippen molar-refractivity contribution in [3.63, 3.8) is 0 Å². The molecule has 0 radical (unpaired) electrons. The van der Waals surface area contributed by atoms with E-state index in [1.54, 1.807) is 0 Å². The Hall–Kier alpha value is -2.32. The number of amides is 1. The van der Waals surface area contributed by atoms with E-state index in [1.807, 2.05) is 37.4 Å². The Balaban J connectivity index is 1.41. The smallest absolute Gasteiger partial charge is 0.227 e. The number of benzene rings is 1. The molecule has 2 fully saturated rings. The minimum atomic E-state index is 0.114. The van der Waals surface area contributed by atoms with E-state index in [4.69, 9.17) is 5.73 Å². The fourth-order valence-electron chi connectivity index (χ4n) is 2.79. The van der Waals surface area contributed by atoms with E-state index in [2.05, 4.69) is 25.5 Å². The summed E-state index contributed by atoms with van der Waals surface area (Å²) in [6.07, 6.45) is 2.00. The first-order valence-electron chi connectivity index (χ1n) is 8.76. The number of likely N-dealkylation sites (N-methyl/N-ethyl adjacent to an activating group) is 1. The largest absolute Gasteiger partial charge is 0.383 e. The van der Waals surface area contributed by atoms with Crippen LogP contribution in [-0.4, -0.2) is 42.1 Å². The van der Waals surface area contributed by atoms with Gasteiger partial charge in [-0.25, -0.2) is 9.97 Å². The predicted molar refractivity (Wildman–Crippen MR) is 103 cm³/mol. The summed E-state index contributed by atoms with van der Waals surface area (Å²) < 4.78 is 0. The summed E-state index contributed by atoms with van der Waals surface area (Å²) in [6, 6.07) is 10.0. The number of hydrogen-bond acceptors (Lipinski definition) is 7. The van der Waals surface area contributed by atoms with Crippen LogP contribution in [0.3, 0.4) is 0 Å². The molecule has 4 rings (SSSR count). The molecule has 8 heteroatoms. The molecule has 7 nitrogen and oxygen atoms in total. The van der Waals surface area contributed by atoms with Gasteiger partial charge in [-0.2, -0.15) is 0 Å². The highest BCUT2D eigenvalue weighted by Gasteiger charge is 2.29. The average Bonchev–Trinajstić information content (AvgIpc) is 3.40. The first-order chi connectivity index (χ1) is 12.6. The molecule has 26 heavy (non-hydrogen) atoms. The molecule has 2 aromatic rings. The second-order valence-corrected chi connectivity index (χ2v) is 7.75. The zero-order valence-corrected chi connectivity index (χ0v) is 15.4. The maximum Gasteiger partial charge on any atom is 0.227 e. The molecule has 2 heterocycles. The van der Waals surface area contributed by atoms with Gasteiger partial charge in [-0.15, -0.1) is 0 Å². The standard InChI is InChI=1S/C18H22N6OS/c1-20-13-9-24(10-13)16-8-15(19)22-18(23-16)26-14-6-4-12(5-7-14)21-17(25)11-2-3-11/h4-8,11,13,20H,2-3,9-10H2,1H3,(H,21,25)(H2,19,22,23). The van der Waals surface area contributed by atoms with Crippen molar-refractivity contribution in [3.8, 4) is 0 Å². The van der Waals surface area contributed by atoms with Gasteiger partial charge in [0.1, 0.15) is 11.6 Å². The lowest BCUT2D eigenvalue weighted by molar-refractivity contribution is -0.117. The predicted octanol–water partition coefficient (Wildman–Crippen LogP) is 1.97. The maximum absolute atomic E-state index is 11.8. The summed E-state index contributed by atoms with van der Waals surface area (Å²) in [5.41, 5.74) is 6.77. The molecule has 1 aromatic heterocycles. The monoisotopic (exact) mass is 370 g/mol. The molecule has 136 valence electrons. The average molecular weight is 370 g/mol. The van der Waals surface area contributed by atoms with Gasteiger partial charge in [-0.05, 0) is 55.9 Å². The van der Waals surface area contributed by atoms with E-state index in [-0.39, 0.29) is 11.8 Å². The van der Waals surface area contributed by atoms with Crippen molar-refractivity contribution < 1.29 is 4.79 Å². The Labute approximate surface area is 156 Å². The number of carbonyl (C=O) groups is 1. The van der Waals surface area contributed by atoms with Crippen LogP contribution in [0.2, 0.25) is 0 Å². The fourth-order valence-corrected chi connectivity index (χ4v) is 3.56. The highest BCUT2D eigenvalue weighted by molar-refractivity contribution is 7.99. The van der Waals surface area contributed by atoms with Gasteiger partial charge >= 0.3 is 0 Å². The molecule has 0 spiro atoms. The Morgan fingerprint density at radius 3 is 2.62 bits per heavy atom. The number of carbonyl (C=O) groups excluding carboxylic acids is 1. The van der Waals surface area contributed by atoms with E-state index in [0.29, 0.717) is 17.0 Å². The van der Waals surface area contributed by atoms with Crippen LogP contribution in [0.25, 0.3) is 0 Å². The molecule has 0 atom stereocenters. The lowest BCUT2D eigenvalue weighted by atomic mass is 10.1. The van der Waals surface area contributed by atoms with Gasteiger partial charge in [0, 0.05) is 41.7 Å². The molecule has 1 aliphatic heterocycles. The van der Waals surface area contributed by atoms with Crippen molar-refractivity contribution in [2.24, 2.45) is 5.92 Å². The first-order valence-corrected chi connectivity index (χ1v) is 9.58. The molecular formula is C18H22N6OS. The number of anilines is 3. The summed E-state index contributed by atoms with van der Waals surface area (Å²) in [6.45, 7) is 1.85. The summed E-state index contributed by atoms with van der Waals surface area (Å²) in [5.74, 6) is 1.65. The highest BCUT2D eigenvalue weighted by Crippen LogP contribution is 2.32. The number of nitrogen functional groups attached to an aromatic ring is 1. The first kappa shape index (κ1) is 17.1. The van der Waals surface area contributed by atoms with Crippen LogP contribution >= 0.6 is 11.8 Å². The second kappa shape index (κ2) is 7.13. The van der Waals surface area contributed by atoms with Gasteiger partial charge in [0.05, 0.1) is 0 Å². The number of nitrogens with two attached hydrogens (primary N) is 1. The van der Waals surface area contributed by atoms with Crippen molar-refractivity contribution in [2.45, 2.75) is 28.9 Å². The van der Waals surface area contributed by atoms with Crippen LogP contribution in [0.4, 0.5) is 17.3 Å². The zero-order chi connectivity index (χ0) is 18.1. The molecule has 1 saturated carbocycles. The topological polar surface area (TPSA) is 96.2 Å². The van der Waals surface area contributed by atoms with E-state index in [9.17, 15) is 4.79 Å². The minimum Gasteiger partial charge on any atom is -0.383 e. The minimum absolute atomic E-state index is 0.114. The molecule has 0 unspecified atom stereocenters. The van der Waals surface area contributed by atoms with E-state index in [0.717, 1.165) is 42.3 Å². The second-order valence-electron chi connectivity index (χ2n) is 6.71. The van der Waals surface area contributed by atoms with Gasteiger partial charge in [0.15, 0.2) is 5.16 Å². The van der Waals surface area contributed by atoms with Gasteiger partial charge < -0.3 is 21.3 Å². The molecule has 1 aliphatic carbocycles. The number of nitrogens with zero attached hydrogens (tertiary/aromatic N) is 3. The number of rotatable bonds is 6. The lowest BCUT2D eigenvalue weighted by Gasteiger charge is -2.39.